The number of alkyl halides is 1. The summed E-state index contributed by atoms with van der Waals surface area (Å²) in [6, 6.07) is 14.7. The molecule has 27 heavy (non-hydrogen) atoms. The molecule has 7 heteroatoms. The molecule has 2 N–H and O–H groups in total. The highest BCUT2D eigenvalue weighted by Gasteiger charge is 2.23. The minimum Gasteiger partial charge on any atom is -0.359 e. The smallest absolute Gasteiger partial charge is 0.229 e. The molecule has 0 saturated heterocycles. The number of halogens is 1. The molecule has 0 spiro atoms. The van der Waals surface area contributed by atoms with Gasteiger partial charge in [-0.3, -0.25) is 4.72 Å². The molecular weight excluding hydrogens is 365 g/mol. The van der Waals surface area contributed by atoms with Crippen LogP contribution in [0.25, 0.3) is 10.9 Å². The molecule has 0 amide bonds. The molecule has 0 aliphatic heterocycles. The minimum absolute atomic E-state index is 0.0241. The second-order valence-electron chi connectivity index (χ2n) is 6.64. The van der Waals surface area contributed by atoms with Crippen molar-refractivity contribution in [1.29, 1.82) is 5.26 Å². The fourth-order valence-electron chi connectivity index (χ4n) is 3.25. The Kier molecular flexibility index (Phi) is 5.19. The number of nitrogens with zero attached hydrogens (tertiary/aromatic N) is 1. The van der Waals surface area contributed by atoms with Crippen LogP contribution >= 0.6 is 0 Å². The van der Waals surface area contributed by atoms with Gasteiger partial charge in [-0.1, -0.05) is 42.0 Å². The molecule has 1 heterocycles. The molecule has 0 aliphatic rings. The van der Waals surface area contributed by atoms with Crippen molar-refractivity contribution in [3.8, 4) is 6.07 Å². The first kappa shape index (κ1) is 18.9. The number of benzene rings is 2. The van der Waals surface area contributed by atoms with Gasteiger partial charge in [0.25, 0.3) is 0 Å². The molecule has 1 aromatic heterocycles. The molecule has 0 radical (unpaired) electrons. The zero-order chi connectivity index (χ0) is 19.6. The number of H-pyrrole nitrogens is 1. The Morgan fingerprint density at radius 2 is 1.93 bits per heavy atom. The second-order valence-corrected chi connectivity index (χ2v) is 8.39. The van der Waals surface area contributed by atoms with Crippen molar-refractivity contribution in [3.05, 3.63) is 65.4 Å². The molecule has 0 bridgehead atoms. The van der Waals surface area contributed by atoms with Gasteiger partial charge in [-0.15, -0.1) is 0 Å². The second kappa shape index (κ2) is 7.41. The van der Waals surface area contributed by atoms with Crippen molar-refractivity contribution in [2.45, 2.75) is 25.4 Å². The summed E-state index contributed by atoms with van der Waals surface area (Å²) in [5, 5.41) is 9.74. The maximum Gasteiger partial charge on any atom is 0.229 e. The number of aryl methyl sites for hydroxylation is 1. The predicted octanol–water partition coefficient (Wildman–Crippen LogP) is 4.23. The van der Waals surface area contributed by atoms with Crippen LogP contribution in [-0.4, -0.2) is 25.8 Å². The number of hydrogen-bond donors (Lipinski definition) is 2. The van der Waals surface area contributed by atoms with Gasteiger partial charge in [-0.25, -0.2) is 12.8 Å². The van der Waals surface area contributed by atoms with E-state index in [4.69, 9.17) is 5.26 Å². The summed E-state index contributed by atoms with van der Waals surface area (Å²) < 4.78 is 39.7. The molecule has 2 unspecified atom stereocenters. The largest absolute Gasteiger partial charge is 0.359 e. The van der Waals surface area contributed by atoms with E-state index in [-0.39, 0.29) is 12.3 Å². The maximum atomic E-state index is 14.0. The van der Waals surface area contributed by atoms with Crippen molar-refractivity contribution in [2.24, 2.45) is 0 Å². The molecule has 140 valence electrons. The number of para-hydroxylation sites is 1. The number of aromatic nitrogens is 1. The average Bonchev–Trinajstić information content (AvgIpc) is 3.04. The molecule has 2 aromatic carbocycles. The number of aromatic amines is 1. The van der Waals surface area contributed by atoms with Crippen molar-refractivity contribution in [1.82, 2.24) is 4.98 Å². The molecule has 0 saturated carbocycles. The highest BCUT2D eigenvalue weighted by molar-refractivity contribution is 7.92. The van der Waals surface area contributed by atoms with E-state index >= 15 is 0 Å². The zero-order valence-corrected chi connectivity index (χ0v) is 15.8. The van der Waals surface area contributed by atoms with Crippen LogP contribution in [0, 0.1) is 18.3 Å². The summed E-state index contributed by atoms with van der Waals surface area (Å²) in [7, 11) is -3.43. The highest BCUT2D eigenvalue weighted by atomic mass is 32.2. The third-order valence-corrected chi connectivity index (χ3v) is 5.07. The lowest BCUT2D eigenvalue weighted by molar-refractivity contribution is 0.374. The first-order valence-electron chi connectivity index (χ1n) is 8.46. The third-order valence-electron chi connectivity index (χ3n) is 4.48. The monoisotopic (exact) mass is 385 g/mol. The van der Waals surface area contributed by atoms with Crippen molar-refractivity contribution >= 4 is 26.6 Å². The Morgan fingerprint density at radius 3 is 2.56 bits per heavy atom. The van der Waals surface area contributed by atoms with E-state index in [1.165, 1.54) is 0 Å². The number of nitriles is 1. The zero-order valence-electron chi connectivity index (χ0n) is 15.0. The Morgan fingerprint density at radius 1 is 1.22 bits per heavy atom. The highest BCUT2D eigenvalue weighted by Crippen LogP contribution is 2.37. The van der Waals surface area contributed by atoms with Gasteiger partial charge in [0.05, 0.1) is 23.5 Å². The summed E-state index contributed by atoms with van der Waals surface area (Å²) in [6.07, 6.45) is 1.27. The lowest BCUT2D eigenvalue weighted by atomic mass is 9.86. The standard InChI is InChI=1S/C20H20FN3O2S/c1-13-6-8-14(9-7-13)17(10-15(21)11-22)18-12-23-20-16(18)4-3-5-19(20)24-27(2,25)26/h3-9,12,15,17,23-24H,10H2,1-2H3. The Balaban J connectivity index is 2.12. The van der Waals surface area contributed by atoms with Crippen LogP contribution in [0.15, 0.2) is 48.7 Å². The number of rotatable bonds is 6. The van der Waals surface area contributed by atoms with Crippen LogP contribution in [0.5, 0.6) is 0 Å². The molecule has 3 aromatic rings. The summed E-state index contributed by atoms with van der Waals surface area (Å²) >= 11 is 0. The third kappa shape index (κ3) is 4.29. The van der Waals surface area contributed by atoms with Crippen molar-refractivity contribution < 1.29 is 12.8 Å². The van der Waals surface area contributed by atoms with Crippen LogP contribution in [0.1, 0.15) is 29.0 Å². The number of sulfonamides is 1. The van der Waals surface area contributed by atoms with Gasteiger partial charge < -0.3 is 4.98 Å². The average molecular weight is 385 g/mol. The Bertz CT molecular complexity index is 1100. The number of anilines is 1. The van der Waals surface area contributed by atoms with Crippen molar-refractivity contribution in [3.63, 3.8) is 0 Å². The van der Waals surface area contributed by atoms with Gasteiger partial charge in [0.15, 0.2) is 6.17 Å². The summed E-state index contributed by atoms with van der Waals surface area (Å²) in [4.78, 5) is 3.10. The predicted molar refractivity (Wildman–Crippen MR) is 105 cm³/mol. The van der Waals surface area contributed by atoms with Crippen LogP contribution in [-0.2, 0) is 10.0 Å². The van der Waals surface area contributed by atoms with Gasteiger partial charge in [0.1, 0.15) is 0 Å². The SMILES string of the molecule is Cc1ccc(C(CC(F)C#N)c2c[nH]c3c(NS(C)(=O)=O)cccc23)cc1. The van der Waals surface area contributed by atoms with E-state index < -0.39 is 16.2 Å². The topological polar surface area (TPSA) is 85.8 Å². The normalized spacial score (nSPS) is 13.9. The maximum absolute atomic E-state index is 14.0. The quantitative estimate of drug-likeness (QED) is 0.666. The first-order valence-corrected chi connectivity index (χ1v) is 10.4. The Labute approximate surface area is 157 Å². The van der Waals surface area contributed by atoms with Crippen LogP contribution < -0.4 is 4.72 Å². The molecule has 0 aliphatic carbocycles. The first-order chi connectivity index (χ1) is 12.8. The summed E-state index contributed by atoms with van der Waals surface area (Å²) in [5.74, 6) is -0.331. The van der Waals surface area contributed by atoms with Crippen LogP contribution in [0.3, 0.4) is 0 Å². The van der Waals surface area contributed by atoms with E-state index in [1.54, 1.807) is 24.4 Å². The number of hydrogen-bond acceptors (Lipinski definition) is 3. The molecule has 2 atom stereocenters. The number of nitrogens with one attached hydrogen (secondary N) is 2. The van der Waals surface area contributed by atoms with E-state index in [0.717, 1.165) is 28.3 Å². The van der Waals surface area contributed by atoms with E-state index in [0.29, 0.717) is 11.2 Å². The van der Waals surface area contributed by atoms with Gasteiger partial charge >= 0.3 is 0 Å². The van der Waals surface area contributed by atoms with Gasteiger partial charge in [-0.05, 0) is 24.1 Å². The van der Waals surface area contributed by atoms with Gasteiger partial charge in [-0.2, -0.15) is 5.26 Å². The lowest BCUT2D eigenvalue weighted by Gasteiger charge is -2.18. The number of fused-ring (bicyclic) bond motifs is 1. The molecule has 3 rings (SSSR count). The Hall–Kier alpha value is -2.85. The van der Waals surface area contributed by atoms with Crippen LogP contribution in [0.4, 0.5) is 10.1 Å². The molecule has 5 nitrogen and oxygen atoms in total. The van der Waals surface area contributed by atoms with E-state index in [2.05, 4.69) is 9.71 Å². The summed E-state index contributed by atoms with van der Waals surface area (Å²) in [5.41, 5.74) is 3.88. The van der Waals surface area contributed by atoms with Gasteiger partial charge in [0.2, 0.25) is 10.0 Å². The van der Waals surface area contributed by atoms with Crippen molar-refractivity contribution in [2.75, 3.05) is 11.0 Å². The summed E-state index contributed by atoms with van der Waals surface area (Å²) in [6.45, 7) is 1.97. The molecule has 0 fully saturated rings. The lowest BCUT2D eigenvalue weighted by Crippen LogP contribution is -2.10. The molecular formula is C20H20FN3O2S. The van der Waals surface area contributed by atoms with E-state index in [1.807, 2.05) is 37.3 Å². The fourth-order valence-corrected chi connectivity index (χ4v) is 3.82. The minimum atomic E-state index is -3.43. The van der Waals surface area contributed by atoms with Gasteiger partial charge in [0, 0.05) is 23.9 Å². The van der Waals surface area contributed by atoms with Crippen LogP contribution in [0.2, 0.25) is 0 Å². The van der Waals surface area contributed by atoms with E-state index in [9.17, 15) is 12.8 Å². The fraction of sp³-hybridized carbons (Fsp3) is 0.250.